The highest BCUT2D eigenvalue weighted by atomic mass is 32.2. The van der Waals surface area contributed by atoms with Crippen molar-refractivity contribution in [2.24, 2.45) is 0 Å². The van der Waals surface area contributed by atoms with Gasteiger partial charge in [0.25, 0.3) is 0 Å². The minimum Gasteiger partial charge on any atom is -0.388 e. The van der Waals surface area contributed by atoms with Gasteiger partial charge < -0.3 is 5.32 Å². The molecule has 0 unspecified atom stereocenters. The molecule has 1 aliphatic carbocycles. The number of unbranched alkanes of at least 4 members (excludes halogenated alkanes) is 1. The highest BCUT2D eigenvalue weighted by Gasteiger charge is 2.44. The molecule has 194 valence electrons. The summed E-state index contributed by atoms with van der Waals surface area (Å²) in [6, 6.07) is 24.7. The van der Waals surface area contributed by atoms with Gasteiger partial charge in [0.2, 0.25) is 0 Å². The molecule has 4 rings (SSSR count). The second kappa shape index (κ2) is 12.9. The largest absolute Gasteiger partial charge is 0.388 e. The first-order valence-corrected chi connectivity index (χ1v) is 15.5. The number of aryl methyl sites for hydroxylation is 2. The Morgan fingerprint density at radius 1 is 0.865 bits per heavy atom. The van der Waals surface area contributed by atoms with Gasteiger partial charge in [0.15, 0.2) is 0 Å². The lowest BCUT2D eigenvalue weighted by atomic mass is 9.72. The zero-order valence-corrected chi connectivity index (χ0v) is 24.4. The summed E-state index contributed by atoms with van der Waals surface area (Å²) in [6.45, 7) is 16.6. The molecule has 0 radical (unpaired) electrons. The molecule has 3 aromatic carbocycles. The van der Waals surface area contributed by atoms with E-state index in [1.807, 2.05) is 23.5 Å². The van der Waals surface area contributed by atoms with Crippen molar-refractivity contribution in [3.8, 4) is 11.1 Å². The maximum absolute atomic E-state index is 4.61. The zero-order valence-electron chi connectivity index (χ0n) is 22.7. The van der Waals surface area contributed by atoms with Crippen LogP contribution in [0.2, 0.25) is 0 Å². The Hall–Kier alpha value is -2.36. The molecule has 1 aliphatic rings. The normalized spacial score (nSPS) is 13.2. The maximum atomic E-state index is 4.61. The number of hydrogen-bond acceptors (Lipinski definition) is 3. The van der Waals surface area contributed by atoms with Crippen LogP contribution in [0.4, 0.5) is 0 Å². The van der Waals surface area contributed by atoms with Crippen molar-refractivity contribution in [2.45, 2.75) is 69.6 Å². The summed E-state index contributed by atoms with van der Waals surface area (Å²) in [5.41, 5.74) is 9.25. The number of nitrogens with one attached hydrogen (secondary N) is 1. The third-order valence-corrected chi connectivity index (χ3v) is 9.70. The Kier molecular flexibility index (Phi) is 9.67. The van der Waals surface area contributed by atoms with E-state index in [-0.39, 0.29) is 5.41 Å². The predicted octanol–water partition coefficient (Wildman–Crippen LogP) is 9.89. The molecule has 0 saturated heterocycles. The van der Waals surface area contributed by atoms with Crippen molar-refractivity contribution in [1.82, 2.24) is 5.32 Å². The first-order chi connectivity index (χ1) is 18.0. The Morgan fingerprint density at radius 3 is 2.19 bits per heavy atom. The quantitative estimate of drug-likeness (QED) is 0.165. The lowest BCUT2D eigenvalue weighted by molar-refractivity contribution is 0.495. The molecule has 0 bridgehead atoms. The van der Waals surface area contributed by atoms with Crippen LogP contribution >= 0.6 is 23.5 Å². The molecule has 0 saturated carbocycles. The predicted molar refractivity (Wildman–Crippen MR) is 167 cm³/mol. The van der Waals surface area contributed by atoms with E-state index in [0.29, 0.717) is 0 Å². The van der Waals surface area contributed by atoms with Gasteiger partial charge in [-0.25, -0.2) is 0 Å². The number of fused-ring (bicyclic) bond motifs is 3. The second-order valence-corrected chi connectivity index (χ2v) is 12.6. The highest BCUT2D eigenvalue weighted by molar-refractivity contribution is 8.22. The summed E-state index contributed by atoms with van der Waals surface area (Å²) in [4.78, 5) is 1.35. The van der Waals surface area contributed by atoms with Gasteiger partial charge in [0.05, 0.1) is 5.41 Å². The average molecular weight is 528 g/mol. The van der Waals surface area contributed by atoms with Crippen LogP contribution < -0.4 is 5.32 Å². The first kappa shape index (κ1) is 27.7. The molecule has 0 fully saturated rings. The first-order valence-electron chi connectivity index (χ1n) is 13.7. The van der Waals surface area contributed by atoms with E-state index in [0.717, 1.165) is 50.1 Å². The summed E-state index contributed by atoms with van der Waals surface area (Å²) in [7, 11) is 0. The van der Waals surface area contributed by atoms with Crippen LogP contribution in [0.5, 0.6) is 0 Å². The fraction of sp³-hybridized carbons (Fsp3) is 0.353. The fourth-order valence-electron chi connectivity index (χ4n) is 5.53. The van der Waals surface area contributed by atoms with E-state index < -0.39 is 0 Å². The molecule has 3 aromatic rings. The van der Waals surface area contributed by atoms with Crippen LogP contribution in [-0.2, 0) is 11.8 Å². The maximum Gasteiger partial charge on any atom is 0.0604 e. The third kappa shape index (κ3) is 6.04. The molecular formula is C34H41NS2. The third-order valence-electron chi connectivity index (χ3n) is 7.39. The van der Waals surface area contributed by atoms with Crippen LogP contribution in [0.1, 0.15) is 68.2 Å². The fourth-order valence-corrected chi connectivity index (χ4v) is 7.54. The molecule has 0 atom stereocenters. The summed E-state index contributed by atoms with van der Waals surface area (Å²) in [5.74, 6) is 1.09. The molecule has 0 spiro atoms. The van der Waals surface area contributed by atoms with Crippen molar-refractivity contribution < 1.29 is 0 Å². The van der Waals surface area contributed by atoms with Crippen LogP contribution in [0.15, 0.2) is 94.7 Å². The molecule has 37 heavy (non-hydrogen) atoms. The molecule has 3 heteroatoms. The van der Waals surface area contributed by atoms with Crippen LogP contribution in [0, 0.1) is 6.92 Å². The lowest BCUT2D eigenvalue weighted by Crippen LogP contribution is -2.35. The molecule has 1 N–H and O–H groups in total. The summed E-state index contributed by atoms with van der Waals surface area (Å²) in [6.07, 6.45) is 6.78. The van der Waals surface area contributed by atoms with Gasteiger partial charge in [0.1, 0.15) is 0 Å². The molecule has 0 aliphatic heterocycles. The van der Waals surface area contributed by atoms with Crippen molar-refractivity contribution >= 4 is 23.5 Å². The zero-order chi connectivity index (χ0) is 26.3. The van der Waals surface area contributed by atoms with E-state index in [9.17, 15) is 0 Å². The van der Waals surface area contributed by atoms with Gasteiger partial charge in [-0.05, 0) is 77.8 Å². The number of hydrogen-bond donors (Lipinski definition) is 1. The number of allylic oxidation sites excluding steroid dienone is 1. The number of benzene rings is 3. The van der Waals surface area contributed by atoms with Gasteiger partial charge in [-0.1, -0.05) is 112 Å². The topological polar surface area (TPSA) is 12.0 Å². The van der Waals surface area contributed by atoms with Crippen molar-refractivity contribution in [2.75, 3.05) is 12.3 Å². The highest BCUT2D eigenvalue weighted by Crippen LogP contribution is 2.54. The smallest absolute Gasteiger partial charge is 0.0604 e. The second-order valence-electron chi connectivity index (χ2n) is 10.0. The summed E-state index contributed by atoms with van der Waals surface area (Å²) < 4.78 is 1.19. The Bertz CT molecular complexity index is 1200. The molecule has 0 heterocycles. The standard InChI is InChI=1S/C34H41NS2/c1-6-14-28-20-19-25(3)33(24-28)37-27(5)36-23-13-12-21-34(26(4)35-22-7-2)31-17-10-8-15-29(31)30-16-9-11-18-32(30)34/h8-11,15-20,24,35H,4-7,12-14,21-23H2,1-3H3. The average Bonchev–Trinajstić information content (AvgIpc) is 3.20. The molecule has 0 aromatic heterocycles. The Balaban J connectivity index is 1.42. The van der Waals surface area contributed by atoms with Crippen LogP contribution in [0.25, 0.3) is 11.1 Å². The van der Waals surface area contributed by atoms with Crippen molar-refractivity contribution in [1.29, 1.82) is 0 Å². The van der Waals surface area contributed by atoms with Gasteiger partial charge in [-0.2, -0.15) is 0 Å². The van der Waals surface area contributed by atoms with Gasteiger partial charge >= 0.3 is 0 Å². The van der Waals surface area contributed by atoms with E-state index in [2.05, 4.69) is 106 Å². The Morgan fingerprint density at radius 2 is 1.54 bits per heavy atom. The van der Waals surface area contributed by atoms with Crippen LogP contribution in [-0.4, -0.2) is 12.3 Å². The summed E-state index contributed by atoms with van der Waals surface area (Å²) in [5, 5.41) is 3.68. The Labute approximate surface area is 233 Å². The van der Waals surface area contributed by atoms with Crippen LogP contribution in [0.3, 0.4) is 0 Å². The van der Waals surface area contributed by atoms with Gasteiger partial charge in [-0.3, -0.25) is 0 Å². The van der Waals surface area contributed by atoms with E-state index in [1.165, 1.54) is 48.9 Å². The minimum absolute atomic E-state index is 0.171. The molecule has 1 nitrogen and oxygen atoms in total. The number of rotatable bonds is 14. The van der Waals surface area contributed by atoms with E-state index in [4.69, 9.17) is 0 Å². The lowest BCUT2D eigenvalue weighted by Gasteiger charge is -2.35. The van der Waals surface area contributed by atoms with Gasteiger partial charge in [-0.15, -0.1) is 11.8 Å². The molecular weight excluding hydrogens is 487 g/mol. The summed E-state index contributed by atoms with van der Waals surface area (Å²) >= 11 is 3.74. The van der Waals surface area contributed by atoms with Crippen molar-refractivity contribution in [3.63, 3.8) is 0 Å². The minimum atomic E-state index is -0.171. The monoisotopic (exact) mass is 527 g/mol. The van der Waals surface area contributed by atoms with E-state index in [1.54, 1.807) is 0 Å². The van der Waals surface area contributed by atoms with E-state index >= 15 is 0 Å². The van der Waals surface area contributed by atoms with Gasteiger partial charge in [0, 0.05) is 21.4 Å². The molecule has 0 amide bonds. The SMILES string of the molecule is C=C(SCCCCC1(C(=C)NCCC)c2ccccc2-c2ccccc21)Sc1cc(CCC)ccc1C. The van der Waals surface area contributed by atoms with Crippen molar-refractivity contribution in [3.05, 3.63) is 112 Å². The number of thioether (sulfide) groups is 2.